The van der Waals surface area contributed by atoms with Gasteiger partial charge >= 0.3 is 5.97 Å². The van der Waals surface area contributed by atoms with E-state index in [9.17, 15) is 4.79 Å². The lowest BCUT2D eigenvalue weighted by atomic mass is 10.0. The van der Waals surface area contributed by atoms with E-state index in [1.807, 2.05) is 24.3 Å². The van der Waals surface area contributed by atoms with E-state index in [0.29, 0.717) is 18.8 Å². The van der Waals surface area contributed by atoms with E-state index in [-0.39, 0.29) is 5.97 Å². The van der Waals surface area contributed by atoms with Gasteiger partial charge in [-0.1, -0.05) is 29.4 Å². The standard InChI is InChI=1S/C14H16N2O3/c1-2-18-14(17)12(15)9-10-3-5-11(6-4-10)13-7-8-16-19-13/h3-8,12H,2,9,15H2,1H3. The smallest absolute Gasteiger partial charge is 0.323 e. The van der Waals surface area contributed by atoms with E-state index in [4.69, 9.17) is 15.0 Å². The van der Waals surface area contributed by atoms with Crippen LogP contribution in [-0.2, 0) is 16.0 Å². The van der Waals surface area contributed by atoms with Crippen molar-refractivity contribution in [1.82, 2.24) is 5.16 Å². The third-order valence-electron chi connectivity index (χ3n) is 2.72. The summed E-state index contributed by atoms with van der Waals surface area (Å²) in [5, 5.41) is 3.66. The average Bonchev–Trinajstić information content (AvgIpc) is 2.94. The van der Waals surface area contributed by atoms with Gasteiger partial charge in [-0.15, -0.1) is 0 Å². The molecule has 1 aromatic carbocycles. The van der Waals surface area contributed by atoms with Crippen molar-refractivity contribution in [1.29, 1.82) is 0 Å². The summed E-state index contributed by atoms with van der Waals surface area (Å²) in [5.74, 6) is 0.336. The summed E-state index contributed by atoms with van der Waals surface area (Å²) < 4.78 is 9.93. The molecule has 0 amide bonds. The third kappa shape index (κ3) is 3.42. The van der Waals surface area contributed by atoms with Crippen molar-refractivity contribution in [3.8, 4) is 11.3 Å². The number of hydrogen-bond donors (Lipinski definition) is 1. The van der Waals surface area contributed by atoms with Gasteiger partial charge in [0.05, 0.1) is 12.8 Å². The Bertz CT molecular complexity index is 520. The largest absolute Gasteiger partial charge is 0.465 e. The molecule has 1 heterocycles. The molecule has 5 heteroatoms. The molecule has 5 nitrogen and oxygen atoms in total. The molecular weight excluding hydrogens is 244 g/mol. The Labute approximate surface area is 111 Å². The average molecular weight is 260 g/mol. The van der Waals surface area contributed by atoms with Crippen LogP contribution in [0, 0.1) is 0 Å². The predicted octanol–water partition coefficient (Wildman–Crippen LogP) is 1.77. The number of hydrogen-bond acceptors (Lipinski definition) is 5. The van der Waals surface area contributed by atoms with Crippen LogP contribution < -0.4 is 5.73 Å². The highest BCUT2D eigenvalue weighted by molar-refractivity contribution is 5.75. The molecule has 0 spiro atoms. The molecule has 1 unspecified atom stereocenters. The summed E-state index contributed by atoms with van der Waals surface area (Å²) in [6.07, 6.45) is 2.05. The van der Waals surface area contributed by atoms with Crippen LogP contribution in [0.25, 0.3) is 11.3 Å². The van der Waals surface area contributed by atoms with Crippen LogP contribution in [0.1, 0.15) is 12.5 Å². The summed E-state index contributed by atoms with van der Waals surface area (Å²) >= 11 is 0. The monoisotopic (exact) mass is 260 g/mol. The molecule has 0 aliphatic heterocycles. The maximum atomic E-state index is 11.4. The maximum Gasteiger partial charge on any atom is 0.323 e. The van der Waals surface area contributed by atoms with E-state index in [2.05, 4.69) is 5.16 Å². The lowest BCUT2D eigenvalue weighted by Crippen LogP contribution is -2.34. The van der Waals surface area contributed by atoms with Crippen LogP contribution in [0.15, 0.2) is 41.1 Å². The number of nitrogens with two attached hydrogens (primary N) is 1. The van der Waals surface area contributed by atoms with Gasteiger partial charge in [-0.3, -0.25) is 4.79 Å². The first kappa shape index (κ1) is 13.3. The SMILES string of the molecule is CCOC(=O)C(N)Cc1ccc(-c2ccno2)cc1. The molecule has 0 aliphatic carbocycles. The zero-order valence-corrected chi connectivity index (χ0v) is 10.7. The molecule has 0 saturated heterocycles. The summed E-state index contributed by atoms with van der Waals surface area (Å²) in [4.78, 5) is 11.4. The normalized spacial score (nSPS) is 12.1. The van der Waals surface area contributed by atoms with Gasteiger partial charge in [0.15, 0.2) is 5.76 Å². The van der Waals surface area contributed by atoms with Crippen LogP contribution in [0.4, 0.5) is 0 Å². The molecule has 0 radical (unpaired) electrons. The number of carbonyl (C=O) groups excluding carboxylic acids is 1. The first-order chi connectivity index (χ1) is 9.20. The number of esters is 1. The van der Waals surface area contributed by atoms with Crippen molar-refractivity contribution in [3.63, 3.8) is 0 Å². The lowest BCUT2D eigenvalue weighted by molar-refractivity contribution is -0.144. The van der Waals surface area contributed by atoms with Crippen LogP contribution >= 0.6 is 0 Å². The van der Waals surface area contributed by atoms with Gasteiger partial charge in [0, 0.05) is 11.6 Å². The molecule has 2 aromatic rings. The van der Waals surface area contributed by atoms with Gasteiger partial charge in [-0.25, -0.2) is 0 Å². The second-order valence-electron chi connectivity index (χ2n) is 4.14. The predicted molar refractivity (Wildman–Crippen MR) is 70.3 cm³/mol. The second-order valence-corrected chi connectivity index (χ2v) is 4.14. The minimum atomic E-state index is -0.629. The highest BCUT2D eigenvalue weighted by Crippen LogP contribution is 2.19. The van der Waals surface area contributed by atoms with Gasteiger partial charge in [0.1, 0.15) is 6.04 Å². The number of aromatic nitrogens is 1. The molecule has 2 N–H and O–H groups in total. The van der Waals surface area contributed by atoms with Gasteiger partial charge in [0.25, 0.3) is 0 Å². The summed E-state index contributed by atoms with van der Waals surface area (Å²) in [6, 6.07) is 8.81. The fraction of sp³-hybridized carbons (Fsp3) is 0.286. The highest BCUT2D eigenvalue weighted by atomic mass is 16.5. The topological polar surface area (TPSA) is 78.4 Å². The number of ether oxygens (including phenoxy) is 1. The van der Waals surface area contributed by atoms with Crippen LogP contribution in [0.2, 0.25) is 0 Å². The van der Waals surface area contributed by atoms with Gasteiger partial charge < -0.3 is 15.0 Å². The Hall–Kier alpha value is -2.14. The van der Waals surface area contributed by atoms with Gasteiger partial charge in [-0.05, 0) is 18.9 Å². The lowest BCUT2D eigenvalue weighted by Gasteiger charge is -2.10. The van der Waals surface area contributed by atoms with Crippen LogP contribution in [-0.4, -0.2) is 23.8 Å². The van der Waals surface area contributed by atoms with E-state index in [1.54, 1.807) is 19.2 Å². The zero-order chi connectivity index (χ0) is 13.7. The summed E-state index contributed by atoms with van der Waals surface area (Å²) in [6.45, 7) is 2.10. The van der Waals surface area contributed by atoms with Crippen LogP contribution in [0.3, 0.4) is 0 Å². The van der Waals surface area contributed by atoms with Crippen molar-refractivity contribution >= 4 is 5.97 Å². The molecular formula is C14H16N2O3. The number of benzene rings is 1. The number of carbonyl (C=O) groups is 1. The number of nitrogens with zero attached hydrogens (tertiary/aromatic N) is 1. The fourth-order valence-corrected chi connectivity index (χ4v) is 1.76. The number of rotatable bonds is 5. The molecule has 0 saturated carbocycles. The molecule has 0 fully saturated rings. The Balaban J connectivity index is 2.01. The molecule has 1 aromatic heterocycles. The van der Waals surface area contributed by atoms with Crippen molar-refractivity contribution in [3.05, 3.63) is 42.1 Å². The van der Waals surface area contributed by atoms with Crippen LogP contribution in [0.5, 0.6) is 0 Å². The molecule has 19 heavy (non-hydrogen) atoms. The first-order valence-corrected chi connectivity index (χ1v) is 6.13. The Kier molecular flexibility index (Phi) is 4.30. The summed E-state index contributed by atoms with van der Waals surface area (Å²) in [5.41, 5.74) is 7.68. The van der Waals surface area contributed by atoms with E-state index < -0.39 is 6.04 Å². The molecule has 0 bridgehead atoms. The Morgan fingerprint density at radius 1 is 1.37 bits per heavy atom. The Morgan fingerprint density at radius 2 is 2.11 bits per heavy atom. The fourth-order valence-electron chi connectivity index (χ4n) is 1.76. The molecule has 1 atom stereocenters. The molecule has 2 rings (SSSR count). The second kappa shape index (κ2) is 6.15. The van der Waals surface area contributed by atoms with Gasteiger partial charge in [-0.2, -0.15) is 0 Å². The van der Waals surface area contributed by atoms with Crippen molar-refractivity contribution in [2.45, 2.75) is 19.4 Å². The van der Waals surface area contributed by atoms with E-state index >= 15 is 0 Å². The maximum absolute atomic E-state index is 11.4. The van der Waals surface area contributed by atoms with E-state index in [1.165, 1.54) is 0 Å². The molecule has 100 valence electrons. The first-order valence-electron chi connectivity index (χ1n) is 6.13. The highest BCUT2D eigenvalue weighted by Gasteiger charge is 2.15. The zero-order valence-electron chi connectivity index (χ0n) is 10.7. The summed E-state index contributed by atoms with van der Waals surface area (Å²) in [7, 11) is 0. The van der Waals surface area contributed by atoms with Crippen molar-refractivity contribution in [2.75, 3.05) is 6.61 Å². The minimum absolute atomic E-state index is 0.344. The minimum Gasteiger partial charge on any atom is -0.465 e. The van der Waals surface area contributed by atoms with Crippen molar-refractivity contribution in [2.24, 2.45) is 5.73 Å². The molecule has 0 aliphatic rings. The van der Waals surface area contributed by atoms with E-state index in [0.717, 1.165) is 11.1 Å². The van der Waals surface area contributed by atoms with Gasteiger partial charge in [0.2, 0.25) is 0 Å². The third-order valence-corrected chi connectivity index (χ3v) is 2.72. The quantitative estimate of drug-likeness (QED) is 0.829. The Morgan fingerprint density at radius 3 is 2.68 bits per heavy atom. The van der Waals surface area contributed by atoms with Crippen molar-refractivity contribution < 1.29 is 14.1 Å².